The van der Waals surface area contributed by atoms with Crippen molar-refractivity contribution in [1.29, 1.82) is 0 Å². The Balaban J connectivity index is 1.91. The van der Waals surface area contributed by atoms with Crippen LogP contribution in [-0.4, -0.2) is 9.97 Å². The number of aromatic nitrogens is 2. The summed E-state index contributed by atoms with van der Waals surface area (Å²) in [6.45, 7) is 2.85. The predicted octanol–water partition coefficient (Wildman–Crippen LogP) is 3.04. The molecule has 1 atom stereocenters. The Labute approximate surface area is 104 Å². The van der Waals surface area contributed by atoms with E-state index in [0.29, 0.717) is 0 Å². The molecule has 0 spiro atoms. The van der Waals surface area contributed by atoms with Crippen LogP contribution in [0.2, 0.25) is 4.34 Å². The largest absolute Gasteiger partial charge is 0.304 e. The van der Waals surface area contributed by atoms with Gasteiger partial charge in [0.1, 0.15) is 6.33 Å². The summed E-state index contributed by atoms with van der Waals surface area (Å²) >= 11 is 7.49. The van der Waals surface area contributed by atoms with Gasteiger partial charge in [0.2, 0.25) is 0 Å². The van der Waals surface area contributed by atoms with Gasteiger partial charge in [0, 0.05) is 23.7 Å². The zero-order valence-corrected chi connectivity index (χ0v) is 10.4. The van der Waals surface area contributed by atoms with Crippen molar-refractivity contribution in [3.8, 4) is 0 Å². The van der Waals surface area contributed by atoms with E-state index in [1.54, 1.807) is 23.9 Å². The number of nitrogens with zero attached hydrogens (tertiary/aromatic N) is 2. The quantitative estimate of drug-likeness (QED) is 0.910. The van der Waals surface area contributed by atoms with Crippen LogP contribution in [0.4, 0.5) is 0 Å². The van der Waals surface area contributed by atoms with Crippen LogP contribution in [0, 0.1) is 0 Å². The maximum absolute atomic E-state index is 5.89. The third kappa shape index (κ3) is 3.01. The number of rotatable bonds is 4. The Hall–Kier alpha value is -0.970. The van der Waals surface area contributed by atoms with Gasteiger partial charge in [-0.15, -0.1) is 11.3 Å². The second-order valence-corrected chi connectivity index (χ2v) is 5.19. The first-order valence-corrected chi connectivity index (χ1v) is 6.18. The van der Waals surface area contributed by atoms with Crippen molar-refractivity contribution in [3.63, 3.8) is 0 Å². The molecule has 0 bridgehead atoms. The molecule has 1 N–H and O–H groups in total. The first kappa shape index (κ1) is 11.5. The van der Waals surface area contributed by atoms with Gasteiger partial charge < -0.3 is 5.32 Å². The van der Waals surface area contributed by atoms with E-state index < -0.39 is 0 Å². The lowest BCUT2D eigenvalue weighted by Gasteiger charge is -2.11. The molecule has 0 radical (unpaired) electrons. The van der Waals surface area contributed by atoms with Gasteiger partial charge in [-0.25, -0.2) is 9.97 Å². The average Bonchev–Trinajstić information content (AvgIpc) is 2.74. The van der Waals surface area contributed by atoms with Crippen molar-refractivity contribution in [2.45, 2.75) is 19.5 Å². The Morgan fingerprint density at radius 2 is 2.31 bits per heavy atom. The minimum absolute atomic E-state index is 0.285. The zero-order chi connectivity index (χ0) is 11.4. The first-order chi connectivity index (χ1) is 7.75. The maximum Gasteiger partial charge on any atom is 0.115 e. The molecule has 0 aromatic carbocycles. The highest BCUT2D eigenvalue weighted by Gasteiger charge is 2.07. The molecule has 5 heteroatoms. The van der Waals surface area contributed by atoms with E-state index in [1.807, 2.05) is 18.2 Å². The van der Waals surface area contributed by atoms with Gasteiger partial charge in [-0.2, -0.15) is 0 Å². The molecule has 0 saturated heterocycles. The summed E-state index contributed by atoms with van der Waals surface area (Å²) in [4.78, 5) is 9.27. The topological polar surface area (TPSA) is 37.8 Å². The molecule has 1 unspecified atom stereocenters. The lowest BCUT2D eigenvalue weighted by atomic mass is 10.2. The molecule has 2 heterocycles. The normalized spacial score (nSPS) is 12.6. The Morgan fingerprint density at radius 3 is 2.94 bits per heavy atom. The van der Waals surface area contributed by atoms with Crippen molar-refractivity contribution in [1.82, 2.24) is 15.3 Å². The smallest absolute Gasteiger partial charge is 0.115 e. The Kier molecular flexibility index (Phi) is 3.88. The molecule has 0 aliphatic heterocycles. The van der Waals surface area contributed by atoms with Gasteiger partial charge >= 0.3 is 0 Å². The van der Waals surface area contributed by atoms with Crippen LogP contribution in [0.25, 0.3) is 0 Å². The standard InChI is InChI=1S/C11H12ClN3S/c1-8(10-2-3-11(12)16-10)14-6-9-4-5-13-7-15-9/h2-5,7-8,14H,6H2,1H3. The number of hydrogen-bond acceptors (Lipinski definition) is 4. The molecule has 2 aromatic heterocycles. The monoisotopic (exact) mass is 253 g/mol. The van der Waals surface area contributed by atoms with Crippen molar-refractivity contribution in [2.75, 3.05) is 0 Å². The number of nitrogens with one attached hydrogen (secondary N) is 1. The van der Waals surface area contributed by atoms with E-state index in [-0.39, 0.29) is 6.04 Å². The second kappa shape index (κ2) is 5.39. The molecule has 2 aromatic rings. The third-order valence-corrected chi connectivity index (χ3v) is 3.67. The van der Waals surface area contributed by atoms with Crippen LogP contribution in [0.15, 0.2) is 30.7 Å². The molecule has 16 heavy (non-hydrogen) atoms. The number of halogens is 1. The summed E-state index contributed by atoms with van der Waals surface area (Å²) in [5.41, 5.74) is 0.990. The fraction of sp³-hybridized carbons (Fsp3) is 0.273. The SMILES string of the molecule is CC(NCc1ccncn1)c1ccc(Cl)s1. The molecule has 0 aliphatic rings. The van der Waals surface area contributed by atoms with Gasteiger partial charge in [0.05, 0.1) is 10.0 Å². The van der Waals surface area contributed by atoms with Gasteiger partial charge in [-0.3, -0.25) is 0 Å². The van der Waals surface area contributed by atoms with Crippen molar-refractivity contribution in [2.24, 2.45) is 0 Å². The lowest BCUT2D eigenvalue weighted by molar-refractivity contribution is 0.575. The maximum atomic E-state index is 5.89. The average molecular weight is 254 g/mol. The van der Waals surface area contributed by atoms with Crippen LogP contribution >= 0.6 is 22.9 Å². The van der Waals surface area contributed by atoms with Crippen molar-refractivity contribution >= 4 is 22.9 Å². The molecule has 0 saturated carbocycles. The fourth-order valence-corrected chi connectivity index (χ4v) is 2.43. The summed E-state index contributed by atoms with van der Waals surface area (Å²) in [5.74, 6) is 0. The van der Waals surface area contributed by atoms with Gasteiger partial charge in [-0.1, -0.05) is 11.6 Å². The molecule has 0 amide bonds. The van der Waals surface area contributed by atoms with Crippen LogP contribution in [0.3, 0.4) is 0 Å². The lowest BCUT2D eigenvalue weighted by Crippen LogP contribution is -2.17. The summed E-state index contributed by atoms with van der Waals surface area (Å²) in [6, 6.07) is 6.16. The van der Waals surface area contributed by atoms with Crippen LogP contribution in [-0.2, 0) is 6.54 Å². The highest BCUT2D eigenvalue weighted by molar-refractivity contribution is 7.16. The van der Waals surface area contributed by atoms with Gasteiger partial charge in [-0.05, 0) is 25.1 Å². The Bertz CT molecular complexity index is 444. The van der Waals surface area contributed by atoms with E-state index in [9.17, 15) is 0 Å². The number of thiophene rings is 1. The second-order valence-electron chi connectivity index (χ2n) is 3.45. The minimum Gasteiger partial charge on any atom is -0.304 e. The van der Waals surface area contributed by atoms with Crippen LogP contribution < -0.4 is 5.32 Å². The van der Waals surface area contributed by atoms with Gasteiger partial charge in [0.25, 0.3) is 0 Å². The summed E-state index contributed by atoms with van der Waals surface area (Å²) in [5, 5.41) is 3.39. The predicted molar refractivity (Wildman–Crippen MR) is 66.6 cm³/mol. The van der Waals surface area contributed by atoms with Crippen LogP contribution in [0.1, 0.15) is 23.5 Å². The molecule has 84 valence electrons. The highest BCUT2D eigenvalue weighted by atomic mass is 35.5. The van der Waals surface area contributed by atoms with Gasteiger partial charge in [0.15, 0.2) is 0 Å². The third-order valence-electron chi connectivity index (χ3n) is 2.25. The van der Waals surface area contributed by atoms with Crippen molar-refractivity contribution < 1.29 is 0 Å². The first-order valence-electron chi connectivity index (χ1n) is 4.99. The van der Waals surface area contributed by atoms with E-state index in [2.05, 4.69) is 22.2 Å². The highest BCUT2D eigenvalue weighted by Crippen LogP contribution is 2.26. The van der Waals surface area contributed by atoms with E-state index >= 15 is 0 Å². The minimum atomic E-state index is 0.285. The van der Waals surface area contributed by atoms with Crippen LogP contribution in [0.5, 0.6) is 0 Å². The molecule has 0 fully saturated rings. The summed E-state index contributed by atoms with van der Waals surface area (Å²) < 4.78 is 0.825. The molecular weight excluding hydrogens is 242 g/mol. The zero-order valence-electron chi connectivity index (χ0n) is 8.85. The fourth-order valence-electron chi connectivity index (χ4n) is 1.34. The molecule has 0 aliphatic carbocycles. The van der Waals surface area contributed by atoms with E-state index in [0.717, 1.165) is 16.6 Å². The van der Waals surface area contributed by atoms with E-state index in [4.69, 9.17) is 11.6 Å². The summed E-state index contributed by atoms with van der Waals surface area (Å²) in [6.07, 6.45) is 3.31. The molecule has 2 rings (SSSR count). The summed E-state index contributed by atoms with van der Waals surface area (Å²) in [7, 11) is 0. The molecule has 3 nitrogen and oxygen atoms in total. The number of hydrogen-bond donors (Lipinski definition) is 1. The molecular formula is C11H12ClN3S. The van der Waals surface area contributed by atoms with E-state index in [1.165, 1.54) is 4.88 Å². The Morgan fingerprint density at radius 1 is 1.44 bits per heavy atom. The van der Waals surface area contributed by atoms with Crippen molar-refractivity contribution in [3.05, 3.63) is 45.6 Å².